The molecule has 2 rings (SSSR count). The number of hydrogen-bond donors (Lipinski definition) is 1. The van der Waals surface area contributed by atoms with Crippen molar-refractivity contribution >= 4 is 11.7 Å². The van der Waals surface area contributed by atoms with Gasteiger partial charge in [0.15, 0.2) is 0 Å². The van der Waals surface area contributed by atoms with Gasteiger partial charge in [0.1, 0.15) is 5.78 Å². The minimum atomic E-state index is -0.242. The number of amides is 1. The molecule has 17 heavy (non-hydrogen) atoms. The van der Waals surface area contributed by atoms with Gasteiger partial charge < -0.3 is 5.73 Å². The Labute approximate surface area is 103 Å². The predicted octanol–water partition coefficient (Wildman–Crippen LogP) is 1.23. The predicted molar refractivity (Wildman–Crippen MR) is 65.4 cm³/mol. The summed E-state index contributed by atoms with van der Waals surface area (Å²) < 4.78 is 0. The smallest absolute Gasteiger partial charge is 0.231 e. The second kappa shape index (κ2) is 5.63. The first-order valence-corrected chi connectivity index (χ1v) is 6.72. The Balaban J connectivity index is 1.98. The van der Waals surface area contributed by atoms with E-state index in [0.29, 0.717) is 37.3 Å². The standard InChI is InChI=1S/C13H22N2O2/c14-13(17)9-15(10-3-1-2-4-10)11-5-7-12(16)8-6-11/h10-11H,1-9H2,(H2,14,17). The zero-order chi connectivity index (χ0) is 12.3. The van der Waals surface area contributed by atoms with Gasteiger partial charge in [0, 0.05) is 24.9 Å². The van der Waals surface area contributed by atoms with Crippen molar-refractivity contribution in [3.05, 3.63) is 0 Å². The van der Waals surface area contributed by atoms with Gasteiger partial charge in [-0.1, -0.05) is 12.8 Å². The van der Waals surface area contributed by atoms with Crippen molar-refractivity contribution in [1.82, 2.24) is 4.90 Å². The van der Waals surface area contributed by atoms with E-state index in [0.717, 1.165) is 12.8 Å². The average molecular weight is 238 g/mol. The van der Waals surface area contributed by atoms with Crippen LogP contribution in [0.2, 0.25) is 0 Å². The Morgan fingerprint density at radius 3 is 2.18 bits per heavy atom. The minimum absolute atomic E-state index is 0.242. The number of rotatable bonds is 4. The van der Waals surface area contributed by atoms with Crippen LogP contribution >= 0.6 is 0 Å². The Hall–Kier alpha value is -0.900. The van der Waals surface area contributed by atoms with Crippen molar-refractivity contribution in [2.24, 2.45) is 5.73 Å². The van der Waals surface area contributed by atoms with Crippen molar-refractivity contribution in [2.75, 3.05) is 6.54 Å². The van der Waals surface area contributed by atoms with Crippen LogP contribution in [0.4, 0.5) is 0 Å². The lowest BCUT2D eigenvalue weighted by Crippen LogP contribution is -2.48. The van der Waals surface area contributed by atoms with E-state index in [9.17, 15) is 9.59 Å². The van der Waals surface area contributed by atoms with Gasteiger partial charge >= 0.3 is 0 Å². The van der Waals surface area contributed by atoms with Crippen molar-refractivity contribution in [1.29, 1.82) is 0 Å². The number of Topliss-reactive ketones (excluding diaryl/α,β-unsaturated/α-hetero) is 1. The van der Waals surface area contributed by atoms with Gasteiger partial charge in [-0.15, -0.1) is 0 Å². The molecule has 0 saturated heterocycles. The summed E-state index contributed by atoms with van der Waals surface area (Å²) in [5.74, 6) is 0.125. The largest absolute Gasteiger partial charge is 0.369 e. The molecule has 0 aromatic rings. The van der Waals surface area contributed by atoms with Crippen LogP contribution in [0.3, 0.4) is 0 Å². The maximum absolute atomic E-state index is 11.3. The third kappa shape index (κ3) is 3.28. The van der Waals surface area contributed by atoms with E-state index in [-0.39, 0.29) is 5.91 Å². The number of carbonyl (C=O) groups is 2. The first kappa shape index (κ1) is 12.6. The Bertz CT molecular complexity index is 288. The zero-order valence-electron chi connectivity index (χ0n) is 10.4. The highest BCUT2D eigenvalue weighted by Crippen LogP contribution is 2.29. The van der Waals surface area contributed by atoms with E-state index in [1.54, 1.807) is 0 Å². The Morgan fingerprint density at radius 2 is 1.65 bits per heavy atom. The lowest BCUT2D eigenvalue weighted by atomic mass is 9.92. The molecule has 0 aliphatic heterocycles. The molecule has 2 fully saturated rings. The summed E-state index contributed by atoms with van der Waals surface area (Å²) in [5.41, 5.74) is 5.35. The summed E-state index contributed by atoms with van der Waals surface area (Å²) in [7, 11) is 0. The van der Waals surface area contributed by atoms with Crippen LogP contribution < -0.4 is 5.73 Å². The van der Waals surface area contributed by atoms with Crippen molar-refractivity contribution in [3.63, 3.8) is 0 Å². The third-order valence-corrected chi connectivity index (χ3v) is 4.11. The molecule has 0 radical (unpaired) electrons. The number of hydrogen-bond acceptors (Lipinski definition) is 3. The molecule has 2 aliphatic rings. The van der Waals surface area contributed by atoms with Crippen LogP contribution in [0.1, 0.15) is 51.4 Å². The first-order valence-electron chi connectivity index (χ1n) is 6.72. The molecule has 2 N–H and O–H groups in total. The van der Waals surface area contributed by atoms with E-state index in [4.69, 9.17) is 5.73 Å². The molecule has 4 nitrogen and oxygen atoms in total. The summed E-state index contributed by atoms with van der Waals surface area (Å²) in [6.45, 7) is 0.365. The van der Waals surface area contributed by atoms with Gasteiger partial charge in [-0.25, -0.2) is 0 Å². The second-order valence-electron chi connectivity index (χ2n) is 5.35. The summed E-state index contributed by atoms with van der Waals surface area (Å²) in [6.07, 6.45) is 8.02. The average Bonchev–Trinajstić information content (AvgIpc) is 2.80. The fourth-order valence-corrected chi connectivity index (χ4v) is 3.23. The maximum atomic E-state index is 11.3. The van der Waals surface area contributed by atoms with Gasteiger partial charge in [-0.3, -0.25) is 14.5 Å². The lowest BCUT2D eigenvalue weighted by Gasteiger charge is -2.37. The van der Waals surface area contributed by atoms with Crippen LogP contribution in [0, 0.1) is 0 Å². The molecule has 96 valence electrons. The maximum Gasteiger partial charge on any atom is 0.231 e. The molecular weight excluding hydrogens is 216 g/mol. The fraction of sp³-hybridized carbons (Fsp3) is 0.846. The molecule has 0 unspecified atom stereocenters. The van der Waals surface area contributed by atoms with E-state index in [1.165, 1.54) is 25.7 Å². The molecule has 0 aromatic heterocycles. The Morgan fingerprint density at radius 1 is 1.12 bits per heavy atom. The van der Waals surface area contributed by atoms with Crippen LogP contribution in [0.15, 0.2) is 0 Å². The molecule has 0 atom stereocenters. The number of nitrogens with two attached hydrogens (primary N) is 1. The fourth-order valence-electron chi connectivity index (χ4n) is 3.23. The summed E-state index contributed by atoms with van der Waals surface area (Å²) in [5, 5.41) is 0. The lowest BCUT2D eigenvalue weighted by molar-refractivity contribution is -0.122. The molecule has 2 aliphatic carbocycles. The first-order chi connectivity index (χ1) is 8.16. The van der Waals surface area contributed by atoms with E-state index < -0.39 is 0 Å². The van der Waals surface area contributed by atoms with Crippen molar-refractivity contribution in [2.45, 2.75) is 63.5 Å². The van der Waals surface area contributed by atoms with Gasteiger partial charge in [-0.05, 0) is 25.7 Å². The van der Waals surface area contributed by atoms with Crippen LogP contribution in [0.25, 0.3) is 0 Å². The summed E-state index contributed by atoms with van der Waals surface area (Å²) in [4.78, 5) is 24.7. The quantitative estimate of drug-likeness (QED) is 0.801. The summed E-state index contributed by atoms with van der Waals surface area (Å²) in [6, 6.07) is 0.906. The van der Waals surface area contributed by atoms with Crippen molar-refractivity contribution in [3.8, 4) is 0 Å². The molecular formula is C13H22N2O2. The molecule has 0 aromatic carbocycles. The zero-order valence-corrected chi connectivity index (χ0v) is 10.4. The molecule has 2 saturated carbocycles. The minimum Gasteiger partial charge on any atom is -0.369 e. The van der Waals surface area contributed by atoms with E-state index in [1.807, 2.05) is 0 Å². The van der Waals surface area contributed by atoms with Gasteiger partial charge in [0.25, 0.3) is 0 Å². The second-order valence-corrected chi connectivity index (χ2v) is 5.35. The summed E-state index contributed by atoms with van der Waals surface area (Å²) >= 11 is 0. The number of nitrogens with zero attached hydrogens (tertiary/aromatic N) is 1. The van der Waals surface area contributed by atoms with Crippen molar-refractivity contribution < 1.29 is 9.59 Å². The normalized spacial score (nSPS) is 23.5. The number of ketones is 1. The van der Waals surface area contributed by atoms with Crippen LogP contribution in [-0.4, -0.2) is 35.2 Å². The van der Waals surface area contributed by atoms with Crippen LogP contribution in [0.5, 0.6) is 0 Å². The molecule has 0 spiro atoms. The molecule has 0 bridgehead atoms. The molecule has 0 heterocycles. The van der Waals surface area contributed by atoms with Crippen LogP contribution in [-0.2, 0) is 9.59 Å². The molecule has 4 heteroatoms. The Kier molecular flexibility index (Phi) is 4.15. The molecule has 1 amide bonds. The highest BCUT2D eigenvalue weighted by Gasteiger charge is 2.31. The van der Waals surface area contributed by atoms with Gasteiger partial charge in [0.2, 0.25) is 5.91 Å². The van der Waals surface area contributed by atoms with E-state index in [2.05, 4.69) is 4.90 Å². The topological polar surface area (TPSA) is 63.4 Å². The monoisotopic (exact) mass is 238 g/mol. The number of primary amides is 1. The highest BCUT2D eigenvalue weighted by molar-refractivity contribution is 5.79. The van der Waals surface area contributed by atoms with Gasteiger partial charge in [-0.2, -0.15) is 0 Å². The SMILES string of the molecule is NC(=O)CN(C1CCCC1)C1CCC(=O)CC1. The van der Waals surface area contributed by atoms with E-state index >= 15 is 0 Å². The highest BCUT2D eigenvalue weighted by atomic mass is 16.1. The number of carbonyl (C=O) groups excluding carboxylic acids is 2. The third-order valence-electron chi connectivity index (χ3n) is 4.11. The van der Waals surface area contributed by atoms with Gasteiger partial charge in [0.05, 0.1) is 6.54 Å².